The van der Waals surface area contributed by atoms with Crippen LogP contribution in [0.2, 0.25) is 0 Å². The molecule has 0 unspecified atom stereocenters. The molecule has 0 amide bonds. The minimum absolute atomic E-state index is 0.00131. The van der Waals surface area contributed by atoms with E-state index in [1.807, 2.05) is 30.3 Å². The summed E-state index contributed by atoms with van der Waals surface area (Å²) in [5.41, 5.74) is -0.605. The highest BCUT2D eigenvalue weighted by Crippen LogP contribution is 2.22. The lowest BCUT2D eigenvalue weighted by Gasteiger charge is -2.16. The summed E-state index contributed by atoms with van der Waals surface area (Å²) in [5.74, 6) is -0.126. The van der Waals surface area contributed by atoms with Crippen LogP contribution in [-0.4, -0.2) is 47.2 Å². The molecule has 0 aliphatic rings. The van der Waals surface area contributed by atoms with Crippen molar-refractivity contribution in [3.63, 3.8) is 0 Å². The van der Waals surface area contributed by atoms with E-state index in [-0.39, 0.29) is 41.5 Å². The van der Waals surface area contributed by atoms with Gasteiger partial charge >= 0.3 is 5.69 Å². The average Bonchev–Trinajstić information content (AvgIpc) is 3.12. The van der Waals surface area contributed by atoms with Gasteiger partial charge in [0.2, 0.25) is 11.7 Å². The molecule has 0 saturated heterocycles. The molecule has 4 rings (SSSR count). The molecule has 3 aromatic heterocycles. The summed E-state index contributed by atoms with van der Waals surface area (Å²) >= 11 is 0. The van der Waals surface area contributed by atoms with E-state index in [2.05, 4.69) is 4.98 Å². The van der Waals surface area contributed by atoms with Gasteiger partial charge in [0.1, 0.15) is 0 Å². The van der Waals surface area contributed by atoms with Gasteiger partial charge in [-0.3, -0.25) is 23.3 Å². The van der Waals surface area contributed by atoms with Crippen LogP contribution in [-0.2, 0) is 27.2 Å². The second kappa shape index (κ2) is 6.99. The van der Waals surface area contributed by atoms with E-state index in [4.69, 9.17) is 0 Å². The van der Waals surface area contributed by atoms with Crippen LogP contribution in [0.5, 0.6) is 5.88 Å². The highest BCUT2D eigenvalue weighted by molar-refractivity contribution is 5.75. The molecule has 30 heavy (non-hydrogen) atoms. The monoisotopic (exact) mass is 410 g/mol. The van der Waals surface area contributed by atoms with Crippen molar-refractivity contribution in [1.29, 1.82) is 0 Å². The zero-order valence-electron chi connectivity index (χ0n) is 17.2. The summed E-state index contributed by atoms with van der Waals surface area (Å²) in [6, 6.07) is 9.39. The first-order valence-electron chi connectivity index (χ1n) is 9.33. The maximum absolute atomic E-state index is 13.3. The van der Waals surface area contributed by atoms with Crippen molar-refractivity contribution < 1.29 is 5.11 Å². The molecule has 0 bridgehead atoms. The minimum atomic E-state index is -0.620. The van der Waals surface area contributed by atoms with Crippen molar-refractivity contribution in [2.75, 3.05) is 14.1 Å². The molecule has 0 fully saturated rings. The topological polar surface area (TPSA) is 107 Å². The molecule has 10 nitrogen and oxygen atoms in total. The molecule has 156 valence electrons. The van der Waals surface area contributed by atoms with Gasteiger partial charge < -0.3 is 10.0 Å². The molecule has 0 atom stereocenters. The Morgan fingerprint density at radius 1 is 1.00 bits per heavy atom. The molecular weight excluding hydrogens is 388 g/mol. The quantitative estimate of drug-likeness (QED) is 0.502. The van der Waals surface area contributed by atoms with Crippen molar-refractivity contribution >= 4 is 16.9 Å². The van der Waals surface area contributed by atoms with Crippen LogP contribution < -0.4 is 16.8 Å². The van der Waals surface area contributed by atoms with E-state index >= 15 is 0 Å². The second-order valence-corrected chi connectivity index (χ2v) is 7.54. The zero-order valence-corrected chi connectivity index (χ0v) is 17.2. The Bertz CT molecular complexity index is 1460. The normalized spacial score (nSPS) is 11.8. The highest BCUT2D eigenvalue weighted by Gasteiger charge is 2.24. The smallest absolute Gasteiger partial charge is 0.332 e. The first-order valence-corrected chi connectivity index (χ1v) is 9.33. The highest BCUT2D eigenvalue weighted by atomic mass is 16.3. The number of aromatic nitrogens is 5. The van der Waals surface area contributed by atoms with Crippen LogP contribution in [0.1, 0.15) is 11.1 Å². The van der Waals surface area contributed by atoms with Gasteiger partial charge in [0.25, 0.3) is 11.1 Å². The van der Waals surface area contributed by atoms with Gasteiger partial charge in [0.15, 0.2) is 11.2 Å². The van der Waals surface area contributed by atoms with Crippen molar-refractivity contribution in [3.05, 3.63) is 72.7 Å². The van der Waals surface area contributed by atoms with E-state index in [0.29, 0.717) is 0 Å². The SMILES string of the molecule is CN(C)Cc1c(O)n(Cc2ccccc2)c2nc3c(c(=O)n(C)c(=O)n3C)n2c1=O. The van der Waals surface area contributed by atoms with Gasteiger partial charge in [0.05, 0.1) is 12.1 Å². The van der Waals surface area contributed by atoms with E-state index in [9.17, 15) is 19.5 Å². The number of aromatic hydroxyl groups is 1. The second-order valence-electron chi connectivity index (χ2n) is 7.54. The summed E-state index contributed by atoms with van der Waals surface area (Å²) < 4.78 is 4.84. The van der Waals surface area contributed by atoms with Crippen molar-refractivity contribution in [2.45, 2.75) is 13.1 Å². The number of nitrogens with zero attached hydrogens (tertiary/aromatic N) is 6. The van der Waals surface area contributed by atoms with E-state index in [0.717, 1.165) is 10.1 Å². The molecule has 0 aliphatic carbocycles. The first-order chi connectivity index (χ1) is 14.2. The van der Waals surface area contributed by atoms with Crippen LogP contribution >= 0.6 is 0 Å². The molecule has 4 aromatic rings. The third-order valence-electron chi connectivity index (χ3n) is 5.13. The van der Waals surface area contributed by atoms with Crippen molar-refractivity contribution in [3.8, 4) is 5.88 Å². The van der Waals surface area contributed by atoms with Gasteiger partial charge in [-0.15, -0.1) is 0 Å². The molecule has 0 saturated carbocycles. The van der Waals surface area contributed by atoms with E-state index < -0.39 is 16.8 Å². The van der Waals surface area contributed by atoms with E-state index in [1.165, 1.54) is 27.6 Å². The Morgan fingerprint density at radius 3 is 2.30 bits per heavy atom. The largest absolute Gasteiger partial charge is 0.494 e. The first kappa shape index (κ1) is 19.6. The summed E-state index contributed by atoms with van der Waals surface area (Å²) in [6.45, 7) is 0.398. The Labute approximate surface area is 170 Å². The minimum Gasteiger partial charge on any atom is -0.494 e. The number of fused-ring (bicyclic) bond motifs is 3. The van der Waals surface area contributed by atoms with Crippen molar-refractivity contribution in [2.24, 2.45) is 14.1 Å². The molecule has 0 radical (unpaired) electrons. The summed E-state index contributed by atoms with van der Waals surface area (Å²) in [7, 11) is 6.40. The summed E-state index contributed by atoms with van der Waals surface area (Å²) in [5, 5.41) is 11.0. The number of hydrogen-bond donors (Lipinski definition) is 1. The van der Waals surface area contributed by atoms with Gasteiger partial charge in [-0.1, -0.05) is 30.3 Å². The number of hydrogen-bond acceptors (Lipinski definition) is 6. The molecular formula is C20H22N6O4. The van der Waals surface area contributed by atoms with Crippen LogP contribution in [0.25, 0.3) is 16.9 Å². The fourth-order valence-corrected chi connectivity index (χ4v) is 3.61. The van der Waals surface area contributed by atoms with Crippen LogP contribution in [0.4, 0.5) is 0 Å². The maximum atomic E-state index is 13.3. The van der Waals surface area contributed by atoms with Crippen LogP contribution in [0.3, 0.4) is 0 Å². The fraction of sp³-hybridized carbons (Fsp3) is 0.300. The summed E-state index contributed by atoms with van der Waals surface area (Å²) in [6.07, 6.45) is 0. The third-order valence-corrected chi connectivity index (χ3v) is 5.13. The lowest BCUT2D eigenvalue weighted by molar-refractivity contribution is 0.364. The third kappa shape index (κ3) is 2.84. The predicted molar refractivity (Wildman–Crippen MR) is 112 cm³/mol. The molecule has 10 heteroatoms. The number of rotatable bonds is 4. The van der Waals surface area contributed by atoms with Gasteiger partial charge in [0, 0.05) is 20.6 Å². The molecule has 0 spiro atoms. The molecule has 3 heterocycles. The Morgan fingerprint density at radius 2 is 1.67 bits per heavy atom. The maximum Gasteiger partial charge on any atom is 0.332 e. The zero-order chi connectivity index (χ0) is 21.7. The molecule has 0 aliphatic heterocycles. The van der Waals surface area contributed by atoms with Crippen LogP contribution in [0.15, 0.2) is 44.7 Å². The molecule has 1 N–H and O–H groups in total. The lowest BCUT2D eigenvalue weighted by atomic mass is 10.2. The van der Waals surface area contributed by atoms with Gasteiger partial charge in [-0.2, -0.15) is 4.98 Å². The fourth-order valence-electron chi connectivity index (χ4n) is 3.61. The number of imidazole rings is 1. The van der Waals surface area contributed by atoms with Gasteiger partial charge in [-0.25, -0.2) is 9.20 Å². The average molecular weight is 410 g/mol. The Balaban J connectivity index is 2.21. The Kier molecular flexibility index (Phi) is 4.58. The lowest BCUT2D eigenvalue weighted by Crippen LogP contribution is -2.38. The summed E-state index contributed by atoms with van der Waals surface area (Å²) in [4.78, 5) is 44.7. The number of benzene rings is 1. The standard InChI is InChI=1S/C20H22N6O4/c1-22(2)11-13-16(27)25(10-12-8-6-5-7-9-12)19-21-15-14(26(19)17(13)28)18(29)24(4)20(30)23(15)3/h5-9,27H,10-11H2,1-4H3. The van der Waals surface area contributed by atoms with Gasteiger partial charge in [-0.05, 0) is 19.7 Å². The number of aryl methyl sites for hydroxylation is 1. The predicted octanol–water partition coefficient (Wildman–Crippen LogP) is -0.138. The van der Waals surface area contributed by atoms with Crippen LogP contribution in [0, 0.1) is 0 Å². The van der Waals surface area contributed by atoms with Crippen molar-refractivity contribution in [1.82, 2.24) is 28.0 Å². The van der Waals surface area contributed by atoms with E-state index in [1.54, 1.807) is 19.0 Å². The Hall–Kier alpha value is -3.66. The molecule has 1 aromatic carbocycles.